The van der Waals surface area contributed by atoms with Gasteiger partial charge >= 0.3 is 17.1 Å². The maximum atomic E-state index is 13.6. The van der Waals surface area contributed by atoms with Gasteiger partial charge in [0.25, 0.3) is 0 Å². The molecule has 1 heterocycles. The Morgan fingerprint density at radius 1 is 0.547 bits per heavy atom. The molecule has 1 fully saturated rings. The average Bonchev–Trinajstić information content (AvgIpc) is 3.09. The van der Waals surface area contributed by atoms with Crippen molar-refractivity contribution in [2.24, 2.45) is 0 Å². The third-order valence-electron chi connectivity index (χ3n) is 7.59. The molecule has 0 aromatic rings. The number of rotatable bonds is 14. The predicted octanol–water partition coefficient (Wildman–Crippen LogP) is -5.10. The molecule has 1 rings (SSSR count). The van der Waals surface area contributed by atoms with Crippen LogP contribution >= 0.6 is 0 Å². The van der Waals surface area contributed by atoms with Crippen LogP contribution in [-0.4, -0.2) is 148 Å². The number of aliphatic hydroxyl groups is 2. The number of carbonyl (C=O) groups excluding carboxylic acids is 9. The van der Waals surface area contributed by atoms with Gasteiger partial charge in [0.2, 0.25) is 53.2 Å². The Labute approximate surface area is 314 Å². The van der Waals surface area contributed by atoms with E-state index in [4.69, 9.17) is 0 Å². The molecule has 1 saturated heterocycles. The fourth-order valence-corrected chi connectivity index (χ4v) is 4.61. The maximum Gasteiger partial charge on any atom is 3.00 e. The van der Waals surface area contributed by atoms with Crippen LogP contribution in [0, 0.1) is 15.6 Å². The largest absolute Gasteiger partial charge is 3.00 e. The minimum atomic E-state index is -1.75. The number of hydroxylamine groups is 6. The van der Waals surface area contributed by atoms with Gasteiger partial charge in [-0.25, -0.2) is 0 Å². The predicted molar refractivity (Wildman–Crippen MR) is 177 cm³/mol. The van der Waals surface area contributed by atoms with Gasteiger partial charge in [-0.2, -0.15) is 0 Å². The third-order valence-corrected chi connectivity index (χ3v) is 7.59. The smallest absolute Gasteiger partial charge is 0.756 e. The van der Waals surface area contributed by atoms with Crippen molar-refractivity contribution in [2.75, 3.05) is 39.4 Å². The standard InChI is InChI=1S/C29H46N9O14.Fe/c1-16(41)36(50)10-4-7-19-26(46)32-20(8-5-11-37(51)17(2)42)27(47)33-21(9-6-12-38(52)18(3)43)28(48)35-23(15-40)29(49)34-22(14-39)25(45)30-13-24(44)31-19;/h19-23,39-40H,4-15H2,1-3H3,(H,30,45)(H,31,44)(H,32,46)(H,33,47)(H,34,49)(H,35,48);/q-3;+3. The van der Waals surface area contributed by atoms with Gasteiger partial charge in [-0.15, -0.1) is 0 Å². The number of hydrogen-bond donors (Lipinski definition) is 8. The van der Waals surface area contributed by atoms with E-state index < -0.39 is 116 Å². The maximum absolute atomic E-state index is 13.6. The van der Waals surface area contributed by atoms with Gasteiger partial charge in [-0.05, 0) is 38.5 Å². The molecule has 0 aliphatic carbocycles. The van der Waals surface area contributed by atoms with Gasteiger partial charge in [-0.3, -0.25) is 43.2 Å². The molecule has 8 N–H and O–H groups in total. The van der Waals surface area contributed by atoms with E-state index in [1.165, 1.54) is 0 Å². The molecular formula is C29H46FeN9O14. The van der Waals surface area contributed by atoms with E-state index in [0.717, 1.165) is 20.8 Å². The number of nitrogens with one attached hydrogen (secondary N) is 6. The van der Waals surface area contributed by atoms with Gasteiger partial charge in [0, 0.05) is 40.4 Å². The van der Waals surface area contributed by atoms with E-state index in [9.17, 15) is 69.0 Å². The van der Waals surface area contributed by atoms with Gasteiger partial charge < -0.3 is 72.9 Å². The van der Waals surface area contributed by atoms with Crippen molar-refractivity contribution >= 4 is 53.2 Å². The number of amides is 9. The van der Waals surface area contributed by atoms with E-state index in [1.807, 2.05) is 0 Å². The van der Waals surface area contributed by atoms with Crippen LogP contribution in [0.1, 0.15) is 59.3 Å². The van der Waals surface area contributed by atoms with Gasteiger partial charge in [0.15, 0.2) is 0 Å². The average molecular weight is 801 g/mol. The van der Waals surface area contributed by atoms with Crippen molar-refractivity contribution in [2.45, 2.75) is 89.5 Å². The van der Waals surface area contributed by atoms with Crippen molar-refractivity contribution in [3.05, 3.63) is 15.6 Å². The quantitative estimate of drug-likeness (QED) is 0.0602. The molecule has 5 unspecified atom stereocenters. The number of carbonyl (C=O) groups is 9. The van der Waals surface area contributed by atoms with E-state index in [2.05, 4.69) is 31.9 Å². The minimum Gasteiger partial charge on any atom is -0.756 e. The SMILES string of the molecule is CC(=O)N([O-])CCCC1NC(=O)CNC(=O)C(CO)NC(=O)C(CO)NC(=O)C(CCCN([O-])C(C)=O)NC(=O)C(CCCN([O-])C(C)=O)NC1=O.[Fe+3]. The van der Waals surface area contributed by atoms with Crippen LogP contribution < -0.4 is 31.9 Å². The zero-order valence-corrected chi connectivity index (χ0v) is 30.5. The molecule has 53 heavy (non-hydrogen) atoms. The second kappa shape index (κ2) is 24.7. The Morgan fingerprint density at radius 2 is 0.830 bits per heavy atom. The Kier molecular flexibility index (Phi) is 22.7. The van der Waals surface area contributed by atoms with Crippen molar-refractivity contribution in [3.63, 3.8) is 0 Å². The summed E-state index contributed by atoms with van der Waals surface area (Å²) >= 11 is 0. The van der Waals surface area contributed by atoms with E-state index >= 15 is 0 Å². The van der Waals surface area contributed by atoms with E-state index in [1.54, 1.807) is 0 Å². The number of nitrogens with zero attached hydrogens (tertiary/aromatic N) is 3. The Morgan fingerprint density at radius 3 is 1.15 bits per heavy atom. The molecule has 24 heteroatoms. The summed E-state index contributed by atoms with van der Waals surface area (Å²) < 4.78 is 0. The Hall–Kier alpha value is -4.45. The number of hydrogen-bond acceptors (Lipinski definition) is 14. The number of aliphatic hydroxyl groups excluding tert-OH is 2. The Bertz CT molecular complexity index is 1310. The molecule has 1 radical (unpaired) electrons. The molecule has 0 aromatic heterocycles. The summed E-state index contributed by atoms with van der Waals surface area (Å²) in [6.07, 6.45) is -1.36. The topological polar surface area (TPSA) is 345 Å². The van der Waals surface area contributed by atoms with E-state index in [-0.39, 0.29) is 77.3 Å². The van der Waals surface area contributed by atoms with Crippen LogP contribution in [0.5, 0.6) is 0 Å². The monoisotopic (exact) mass is 800 g/mol. The second-order valence-corrected chi connectivity index (χ2v) is 11.7. The molecule has 1 aliphatic heterocycles. The normalized spacial score (nSPS) is 21.8. The van der Waals surface area contributed by atoms with Crippen LogP contribution in [-0.2, 0) is 60.2 Å². The summed E-state index contributed by atoms with van der Waals surface area (Å²) in [5.41, 5.74) is 0. The molecule has 5 atom stereocenters. The zero-order valence-electron chi connectivity index (χ0n) is 29.4. The molecule has 23 nitrogen and oxygen atoms in total. The first kappa shape index (κ1) is 48.5. The third kappa shape index (κ3) is 17.8. The summed E-state index contributed by atoms with van der Waals surface area (Å²) in [6.45, 7) is -0.999. The van der Waals surface area contributed by atoms with E-state index in [0.29, 0.717) is 0 Å². The Balaban J connectivity index is 0.0000270. The van der Waals surface area contributed by atoms with Crippen molar-refractivity contribution in [1.29, 1.82) is 0 Å². The molecule has 0 spiro atoms. The first-order valence-electron chi connectivity index (χ1n) is 16.3. The first-order chi connectivity index (χ1) is 24.4. The summed E-state index contributed by atoms with van der Waals surface area (Å²) in [5.74, 6) is -8.82. The van der Waals surface area contributed by atoms with Crippen molar-refractivity contribution in [1.82, 2.24) is 47.1 Å². The molecule has 0 bridgehead atoms. The van der Waals surface area contributed by atoms with Crippen LogP contribution in [0.4, 0.5) is 0 Å². The van der Waals surface area contributed by atoms with Crippen LogP contribution in [0.3, 0.4) is 0 Å². The summed E-state index contributed by atoms with van der Waals surface area (Å²) in [7, 11) is 0. The molecule has 0 aromatic carbocycles. The molecule has 0 saturated carbocycles. The van der Waals surface area contributed by atoms with Gasteiger partial charge in [0.1, 0.15) is 30.2 Å². The second-order valence-electron chi connectivity index (χ2n) is 11.7. The van der Waals surface area contributed by atoms with Crippen LogP contribution in [0.2, 0.25) is 0 Å². The molecule has 299 valence electrons. The molecule has 9 amide bonds. The van der Waals surface area contributed by atoms with Gasteiger partial charge in [0.05, 0.1) is 19.8 Å². The zero-order chi connectivity index (χ0) is 39.5. The fraction of sp³-hybridized carbons (Fsp3) is 0.690. The van der Waals surface area contributed by atoms with Crippen molar-refractivity contribution in [3.8, 4) is 0 Å². The van der Waals surface area contributed by atoms with Crippen molar-refractivity contribution < 1.29 is 70.4 Å². The minimum absolute atomic E-state index is 0. The fourth-order valence-electron chi connectivity index (χ4n) is 4.61. The summed E-state index contributed by atoms with van der Waals surface area (Å²) in [4.78, 5) is 113. The molecular weight excluding hydrogens is 754 g/mol. The first-order valence-corrected chi connectivity index (χ1v) is 16.3. The van der Waals surface area contributed by atoms with Crippen LogP contribution in [0.15, 0.2) is 0 Å². The van der Waals surface area contributed by atoms with Crippen LogP contribution in [0.25, 0.3) is 0 Å². The van der Waals surface area contributed by atoms with Gasteiger partial charge in [-0.1, -0.05) is 0 Å². The summed E-state index contributed by atoms with van der Waals surface area (Å²) in [5, 5.41) is 68.8. The summed E-state index contributed by atoms with van der Waals surface area (Å²) in [6, 6.07) is -8.05. The molecule has 1 aliphatic rings.